The number of rotatable bonds is 22. The Labute approximate surface area is 222 Å². The third kappa shape index (κ3) is 19.9. The third-order valence-corrected chi connectivity index (χ3v) is 4.91. The molecule has 0 aliphatic heterocycles. The van der Waals surface area contributed by atoms with E-state index in [9.17, 15) is 24.0 Å². The first-order chi connectivity index (χ1) is 18.3. The number of ether oxygens (including phenoxy) is 4. The zero-order chi connectivity index (χ0) is 28.5. The molecule has 1 aromatic rings. The molecule has 0 unspecified atom stereocenters. The van der Waals surface area contributed by atoms with Crippen LogP contribution in [0.4, 0.5) is 0 Å². The number of carbonyl (C=O) groups is 5. The molecule has 0 aromatic heterocycles. The first-order valence-electron chi connectivity index (χ1n) is 12.2. The van der Waals surface area contributed by atoms with Gasteiger partial charge in [0.2, 0.25) is 0 Å². The maximum absolute atomic E-state index is 11.2. The zero-order valence-electron chi connectivity index (χ0n) is 21.8. The lowest BCUT2D eigenvalue weighted by Crippen LogP contribution is -2.55. The van der Waals surface area contributed by atoms with Crippen LogP contribution in [0.3, 0.4) is 0 Å². The molecule has 12 heteroatoms. The summed E-state index contributed by atoms with van der Waals surface area (Å²) in [6.45, 7) is 1.08. The minimum Gasteiger partial charge on any atom is -0.481 e. The van der Waals surface area contributed by atoms with Gasteiger partial charge in [0.05, 0.1) is 58.0 Å². The highest BCUT2D eigenvalue weighted by atomic mass is 16.5. The van der Waals surface area contributed by atoms with E-state index in [4.69, 9.17) is 29.2 Å². The molecule has 0 saturated heterocycles. The standard InChI is InChI=1S/C14H25NO8.C12H14O3/c1-15-14(9-21-6-2-5-16,10-22-7-3-12(17)18)11-23-8-4-13(19)20;13-9-5-4-8-12(14)15-10-11-6-2-1-3-7-11/h5,15H,2-4,6-11H2,1H3,(H,17,18)(H,19,20);1-3,6-7,9H,4-5,8,10H2. The van der Waals surface area contributed by atoms with Crippen molar-refractivity contribution in [2.45, 2.75) is 50.7 Å². The summed E-state index contributed by atoms with van der Waals surface area (Å²) in [6.07, 6.45) is 2.87. The predicted octanol–water partition coefficient (Wildman–Crippen LogP) is 1.63. The highest BCUT2D eigenvalue weighted by Crippen LogP contribution is 2.09. The molecular formula is C26H39NO11. The van der Waals surface area contributed by atoms with Gasteiger partial charge in [-0.3, -0.25) is 14.4 Å². The second-order valence-electron chi connectivity index (χ2n) is 8.14. The van der Waals surface area contributed by atoms with Gasteiger partial charge in [0.25, 0.3) is 0 Å². The number of esters is 1. The number of carboxylic acid groups (broad SMARTS) is 2. The van der Waals surface area contributed by atoms with Crippen LogP contribution in [0.15, 0.2) is 30.3 Å². The Bertz CT molecular complexity index is 780. The second kappa shape index (κ2) is 23.0. The van der Waals surface area contributed by atoms with E-state index in [2.05, 4.69) is 5.32 Å². The van der Waals surface area contributed by atoms with Crippen LogP contribution in [0.1, 0.15) is 44.1 Å². The van der Waals surface area contributed by atoms with Gasteiger partial charge in [0.1, 0.15) is 19.2 Å². The smallest absolute Gasteiger partial charge is 0.306 e. The molecule has 0 atom stereocenters. The number of carbonyl (C=O) groups excluding carboxylic acids is 3. The lowest BCUT2D eigenvalue weighted by atomic mass is 10.0. The average Bonchev–Trinajstić information content (AvgIpc) is 2.91. The largest absolute Gasteiger partial charge is 0.481 e. The van der Waals surface area contributed by atoms with E-state index in [0.29, 0.717) is 25.9 Å². The molecule has 0 aliphatic rings. The van der Waals surface area contributed by atoms with Gasteiger partial charge in [-0.2, -0.15) is 0 Å². The normalized spacial score (nSPS) is 10.7. The maximum Gasteiger partial charge on any atom is 0.306 e. The van der Waals surface area contributed by atoms with E-state index in [1.54, 1.807) is 7.05 Å². The number of nitrogens with one attached hydrogen (secondary N) is 1. The first-order valence-corrected chi connectivity index (χ1v) is 12.2. The fourth-order valence-electron chi connectivity index (χ4n) is 2.73. The van der Waals surface area contributed by atoms with Crippen LogP contribution in [-0.4, -0.2) is 92.9 Å². The van der Waals surface area contributed by atoms with Gasteiger partial charge >= 0.3 is 17.9 Å². The maximum atomic E-state index is 11.2. The van der Waals surface area contributed by atoms with Crippen LogP contribution in [0.2, 0.25) is 0 Å². The van der Waals surface area contributed by atoms with Gasteiger partial charge in [-0.15, -0.1) is 0 Å². The van der Waals surface area contributed by atoms with Crippen molar-refractivity contribution in [1.82, 2.24) is 5.32 Å². The molecule has 38 heavy (non-hydrogen) atoms. The summed E-state index contributed by atoms with van der Waals surface area (Å²) in [5.74, 6) is -2.17. The molecule has 1 rings (SSSR count). The summed E-state index contributed by atoms with van der Waals surface area (Å²) in [5, 5.41) is 20.2. The lowest BCUT2D eigenvalue weighted by molar-refractivity contribution is -0.145. The number of benzene rings is 1. The number of hydrogen-bond acceptors (Lipinski definition) is 10. The zero-order valence-corrected chi connectivity index (χ0v) is 21.8. The van der Waals surface area contributed by atoms with Crippen LogP contribution < -0.4 is 5.32 Å². The van der Waals surface area contributed by atoms with E-state index < -0.39 is 17.5 Å². The minimum atomic E-state index is -0.958. The van der Waals surface area contributed by atoms with Crippen molar-refractivity contribution in [3.8, 4) is 0 Å². The van der Waals surface area contributed by atoms with Crippen molar-refractivity contribution in [1.29, 1.82) is 0 Å². The molecule has 0 amide bonds. The molecule has 3 N–H and O–H groups in total. The fourth-order valence-corrected chi connectivity index (χ4v) is 2.73. The SMILES string of the molecule is CNC(COCCC=O)(COCCC(=O)O)COCCC(=O)O.O=CCCCC(=O)OCc1ccccc1. The molecule has 0 fully saturated rings. The number of unbranched alkanes of at least 4 members (excludes halogenated alkanes) is 1. The Balaban J connectivity index is 0.000000784. The quantitative estimate of drug-likeness (QED) is 0.110. The van der Waals surface area contributed by atoms with Crippen molar-refractivity contribution in [2.75, 3.05) is 46.7 Å². The number of carboxylic acids is 2. The number of aldehydes is 2. The van der Waals surface area contributed by atoms with Crippen LogP contribution in [0.25, 0.3) is 0 Å². The highest BCUT2D eigenvalue weighted by molar-refractivity contribution is 5.69. The Morgan fingerprint density at radius 2 is 1.34 bits per heavy atom. The molecule has 214 valence electrons. The Morgan fingerprint density at radius 1 is 0.816 bits per heavy atom. The van der Waals surface area contributed by atoms with Crippen LogP contribution in [0, 0.1) is 0 Å². The van der Waals surface area contributed by atoms with E-state index in [-0.39, 0.29) is 64.9 Å². The third-order valence-electron chi connectivity index (χ3n) is 4.91. The predicted molar refractivity (Wildman–Crippen MR) is 136 cm³/mol. The fraction of sp³-hybridized carbons (Fsp3) is 0.577. The van der Waals surface area contributed by atoms with E-state index >= 15 is 0 Å². The number of hydrogen-bond donors (Lipinski definition) is 3. The summed E-state index contributed by atoms with van der Waals surface area (Å²) < 4.78 is 21.1. The monoisotopic (exact) mass is 541 g/mol. The first kappa shape index (κ1) is 34.8. The average molecular weight is 542 g/mol. The lowest BCUT2D eigenvalue weighted by Gasteiger charge is -2.32. The van der Waals surface area contributed by atoms with Gasteiger partial charge in [0.15, 0.2) is 0 Å². The Kier molecular flexibility index (Phi) is 21.0. The van der Waals surface area contributed by atoms with Gasteiger partial charge < -0.3 is 44.1 Å². The number of likely N-dealkylation sites (N-methyl/N-ethyl adjacent to an activating group) is 1. The summed E-state index contributed by atoms with van der Waals surface area (Å²) in [5.41, 5.74) is 0.223. The summed E-state index contributed by atoms with van der Waals surface area (Å²) in [7, 11) is 1.67. The molecule has 1 aromatic carbocycles. The molecule has 0 bridgehead atoms. The Hall–Kier alpha value is -3.19. The van der Waals surface area contributed by atoms with Gasteiger partial charge in [-0.05, 0) is 19.0 Å². The van der Waals surface area contributed by atoms with Gasteiger partial charge in [0, 0.05) is 19.3 Å². The molecule has 0 aliphatic carbocycles. The second-order valence-corrected chi connectivity index (χ2v) is 8.14. The molecule has 0 spiro atoms. The molecule has 12 nitrogen and oxygen atoms in total. The van der Waals surface area contributed by atoms with Gasteiger partial charge in [-0.25, -0.2) is 0 Å². The minimum absolute atomic E-state index is 0.0439. The molecular weight excluding hydrogens is 502 g/mol. The molecule has 0 radical (unpaired) electrons. The molecule has 0 heterocycles. The van der Waals surface area contributed by atoms with Crippen LogP contribution in [0.5, 0.6) is 0 Å². The number of aliphatic carboxylic acids is 2. The summed E-state index contributed by atoms with van der Waals surface area (Å²) in [6, 6.07) is 9.51. The van der Waals surface area contributed by atoms with E-state index in [1.165, 1.54) is 0 Å². The Morgan fingerprint density at radius 3 is 1.82 bits per heavy atom. The van der Waals surface area contributed by atoms with E-state index in [1.807, 2.05) is 30.3 Å². The van der Waals surface area contributed by atoms with Crippen molar-refractivity contribution < 1.29 is 53.1 Å². The van der Waals surface area contributed by atoms with Crippen LogP contribution in [-0.2, 0) is 49.5 Å². The van der Waals surface area contributed by atoms with Crippen molar-refractivity contribution >= 4 is 30.5 Å². The van der Waals surface area contributed by atoms with Crippen molar-refractivity contribution in [3.63, 3.8) is 0 Å². The van der Waals surface area contributed by atoms with Crippen molar-refractivity contribution in [3.05, 3.63) is 35.9 Å². The van der Waals surface area contributed by atoms with E-state index in [0.717, 1.165) is 18.1 Å². The topological polar surface area (TPSA) is 175 Å². The highest BCUT2D eigenvalue weighted by Gasteiger charge is 2.30. The molecule has 0 saturated carbocycles. The van der Waals surface area contributed by atoms with Gasteiger partial charge in [-0.1, -0.05) is 30.3 Å². The van der Waals surface area contributed by atoms with Crippen LogP contribution >= 0.6 is 0 Å². The summed E-state index contributed by atoms with van der Waals surface area (Å²) >= 11 is 0. The van der Waals surface area contributed by atoms with Crippen molar-refractivity contribution in [2.24, 2.45) is 0 Å². The summed E-state index contributed by atoms with van der Waals surface area (Å²) in [4.78, 5) is 52.4.